The molecule has 8 heteroatoms. The Morgan fingerprint density at radius 1 is 1.58 bits per heavy atom. The van der Waals surface area contributed by atoms with E-state index in [0.717, 1.165) is 0 Å². The second kappa shape index (κ2) is 2.86. The van der Waals surface area contributed by atoms with Gasteiger partial charge in [0.15, 0.2) is 5.82 Å². The van der Waals surface area contributed by atoms with E-state index in [2.05, 4.69) is 10.1 Å². The number of rotatable bonds is 1. The van der Waals surface area contributed by atoms with E-state index >= 15 is 0 Å². The molecule has 0 aliphatic rings. The van der Waals surface area contributed by atoms with E-state index in [9.17, 15) is 9.59 Å². The molecule has 0 unspecified atom stereocenters. The summed E-state index contributed by atoms with van der Waals surface area (Å²) in [5, 5.41) is 13.3. The first-order valence-electron chi connectivity index (χ1n) is 2.83. The molecule has 1 rings (SSSR count). The summed E-state index contributed by atoms with van der Waals surface area (Å²) in [5.74, 6) is -0.710. The molecule has 2 amide bonds. The van der Waals surface area contributed by atoms with Crippen molar-refractivity contribution in [2.24, 2.45) is 5.11 Å². The van der Waals surface area contributed by atoms with E-state index in [0.29, 0.717) is 0 Å². The Morgan fingerprint density at radius 3 is 2.67 bits per heavy atom. The van der Waals surface area contributed by atoms with Crippen LogP contribution in [0.3, 0.4) is 0 Å². The Bertz CT molecular complexity index is 363. The minimum absolute atomic E-state index is 0.207. The number of carbonyl (C=O) groups excluding carboxylic acids is 1. The number of anilines is 1. The van der Waals surface area contributed by atoms with Gasteiger partial charge >= 0.3 is 11.7 Å². The standard InChI is InChI=1S/C4H5N5O3/c5-9-4(12)7-1-2(10)8-3(11)6-1/h5,10H,(H,7,12)(H2,6,8,11). The van der Waals surface area contributed by atoms with Gasteiger partial charge in [-0.2, -0.15) is 5.53 Å². The molecule has 12 heavy (non-hydrogen) atoms. The van der Waals surface area contributed by atoms with Gasteiger partial charge in [0.1, 0.15) is 0 Å². The van der Waals surface area contributed by atoms with Crippen molar-refractivity contribution in [3.8, 4) is 5.88 Å². The number of carbonyl (C=O) groups is 1. The fourth-order valence-electron chi connectivity index (χ4n) is 0.599. The van der Waals surface area contributed by atoms with Gasteiger partial charge in [0.05, 0.1) is 0 Å². The lowest BCUT2D eigenvalue weighted by Gasteiger charge is -1.94. The highest BCUT2D eigenvalue weighted by molar-refractivity contribution is 5.89. The number of urea groups is 1. The van der Waals surface area contributed by atoms with Gasteiger partial charge in [-0.3, -0.25) is 15.3 Å². The van der Waals surface area contributed by atoms with E-state index in [1.807, 2.05) is 10.3 Å². The van der Waals surface area contributed by atoms with Crippen molar-refractivity contribution in [2.45, 2.75) is 0 Å². The summed E-state index contributed by atoms with van der Waals surface area (Å²) in [7, 11) is 0. The number of aromatic hydroxyl groups is 1. The Labute approximate surface area is 65.1 Å². The number of aromatic amines is 2. The van der Waals surface area contributed by atoms with Crippen LogP contribution in [0.5, 0.6) is 5.88 Å². The van der Waals surface area contributed by atoms with E-state index in [4.69, 9.17) is 10.6 Å². The Morgan fingerprint density at radius 2 is 2.25 bits per heavy atom. The number of nitrogens with zero attached hydrogens (tertiary/aromatic N) is 1. The predicted octanol–water partition coefficient (Wildman–Crippen LogP) is -0.0285. The molecular weight excluding hydrogens is 166 g/mol. The zero-order valence-electron chi connectivity index (χ0n) is 5.71. The molecule has 1 aromatic rings. The Kier molecular flexibility index (Phi) is 1.90. The number of amides is 2. The molecule has 0 fully saturated rings. The van der Waals surface area contributed by atoms with Crippen LogP contribution >= 0.6 is 0 Å². The van der Waals surface area contributed by atoms with Crippen LogP contribution in [-0.4, -0.2) is 21.1 Å². The zero-order valence-corrected chi connectivity index (χ0v) is 5.71. The lowest BCUT2D eigenvalue weighted by Crippen LogP contribution is -2.07. The monoisotopic (exact) mass is 171 g/mol. The van der Waals surface area contributed by atoms with Crippen LogP contribution in [0.1, 0.15) is 0 Å². The summed E-state index contributed by atoms with van der Waals surface area (Å²) in [5.41, 5.74) is 5.60. The quantitative estimate of drug-likeness (QED) is 0.379. The number of nitrogens with one attached hydrogen (secondary N) is 4. The molecule has 0 aliphatic heterocycles. The van der Waals surface area contributed by atoms with Crippen LogP contribution in [0.4, 0.5) is 10.6 Å². The van der Waals surface area contributed by atoms with Crippen LogP contribution in [-0.2, 0) is 0 Å². The van der Waals surface area contributed by atoms with Crippen molar-refractivity contribution in [3.63, 3.8) is 0 Å². The number of hydrogen-bond acceptors (Lipinski definition) is 4. The van der Waals surface area contributed by atoms with Crippen LogP contribution in [0.2, 0.25) is 0 Å². The van der Waals surface area contributed by atoms with Crippen molar-refractivity contribution in [3.05, 3.63) is 10.5 Å². The molecule has 0 saturated carbocycles. The predicted molar refractivity (Wildman–Crippen MR) is 37.2 cm³/mol. The third-order valence-electron chi connectivity index (χ3n) is 1.04. The highest BCUT2D eigenvalue weighted by Gasteiger charge is 2.07. The second-order valence-corrected chi connectivity index (χ2v) is 1.84. The van der Waals surface area contributed by atoms with E-state index < -0.39 is 17.6 Å². The third-order valence-corrected chi connectivity index (χ3v) is 1.04. The number of H-pyrrole nitrogens is 2. The van der Waals surface area contributed by atoms with Gasteiger partial charge in [-0.1, -0.05) is 5.11 Å². The summed E-state index contributed by atoms with van der Waals surface area (Å²) < 4.78 is 0. The summed E-state index contributed by atoms with van der Waals surface area (Å²) in [6.45, 7) is 0. The van der Waals surface area contributed by atoms with Gasteiger partial charge in [-0.05, 0) is 0 Å². The molecule has 0 bridgehead atoms. The summed E-state index contributed by atoms with van der Waals surface area (Å²) >= 11 is 0. The average Bonchev–Trinajstić information content (AvgIpc) is 2.30. The highest BCUT2D eigenvalue weighted by Crippen LogP contribution is 2.13. The van der Waals surface area contributed by atoms with Gasteiger partial charge in [0.2, 0.25) is 5.88 Å². The van der Waals surface area contributed by atoms with Gasteiger partial charge in [0.25, 0.3) is 0 Å². The van der Waals surface area contributed by atoms with Crippen molar-refractivity contribution in [2.75, 3.05) is 5.32 Å². The maximum atomic E-state index is 10.5. The van der Waals surface area contributed by atoms with Crippen molar-refractivity contribution < 1.29 is 9.90 Å². The number of hydrogen-bond donors (Lipinski definition) is 5. The molecule has 8 nitrogen and oxygen atoms in total. The van der Waals surface area contributed by atoms with E-state index in [1.54, 1.807) is 0 Å². The van der Waals surface area contributed by atoms with Crippen molar-refractivity contribution >= 4 is 11.8 Å². The number of imidazole rings is 1. The molecule has 0 spiro atoms. The SMILES string of the molecule is N=NC(=O)Nc1[nH]c(=O)[nH]c1O. The first-order valence-corrected chi connectivity index (χ1v) is 2.83. The normalized spacial score (nSPS) is 9.33. The molecule has 0 aromatic carbocycles. The van der Waals surface area contributed by atoms with Gasteiger partial charge in [-0.25, -0.2) is 9.59 Å². The molecule has 0 atom stereocenters. The fourth-order valence-corrected chi connectivity index (χ4v) is 0.599. The fraction of sp³-hybridized carbons (Fsp3) is 0. The van der Waals surface area contributed by atoms with E-state index in [-0.39, 0.29) is 5.82 Å². The van der Waals surface area contributed by atoms with Crippen LogP contribution in [0, 0.1) is 5.53 Å². The molecule has 1 heterocycles. The van der Waals surface area contributed by atoms with Crippen LogP contribution in [0.25, 0.3) is 0 Å². The maximum Gasteiger partial charge on any atom is 0.364 e. The largest absolute Gasteiger partial charge is 0.492 e. The molecule has 0 saturated heterocycles. The molecular formula is C4H5N5O3. The minimum Gasteiger partial charge on any atom is -0.492 e. The summed E-state index contributed by atoms with van der Waals surface area (Å²) in [6.07, 6.45) is 0. The Balaban J connectivity index is 2.89. The third kappa shape index (κ3) is 1.48. The van der Waals surface area contributed by atoms with Gasteiger partial charge in [0, 0.05) is 0 Å². The molecule has 0 aliphatic carbocycles. The van der Waals surface area contributed by atoms with Crippen molar-refractivity contribution in [1.29, 1.82) is 5.53 Å². The molecule has 5 N–H and O–H groups in total. The lowest BCUT2D eigenvalue weighted by molar-refractivity contribution is 0.257. The first kappa shape index (κ1) is 7.98. The van der Waals surface area contributed by atoms with Crippen LogP contribution in [0.15, 0.2) is 9.91 Å². The smallest absolute Gasteiger partial charge is 0.364 e. The second-order valence-electron chi connectivity index (χ2n) is 1.84. The average molecular weight is 171 g/mol. The molecule has 1 aromatic heterocycles. The van der Waals surface area contributed by atoms with E-state index in [1.165, 1.54) is 0 Å². The summed E-state index contributed by atoms with van der Waals surface area (Å²) in [6, 6.07) is -0.986. The van der Waals surface area contributed by atoms with Crippen LogP contribution < -0.4 is 11.0 Å². The topological polar surface area (TPSA) is 134 Å². The van der Waals surface area contributed by atoms with Crippen molar-refractivity contribution in [1.82, 2.24) is 9.97 Å². The van der Waals surface area contributed by atoms with Gasteiger partial charge < -0.3 is 5.11 Å². The zero-order chi connectivity index (χ0) is 9.14. The molecule has 64 valence electrons. The minimum atomic E-state index is -0.986. The summed E-state index contributed by atoms with van der Waals surface area (Å²) in [4.78, 5) is 24.9. The number of aromatic nitrogens is 2. The highest BCUT2D eigenvalue weighted by atomic mass is 16.3. The Hall–Kier alpha value is -2.12. The van der Waals surface area contributed by atoms with Gasteiger partial charge in [-0.15, -0.1) is 0 Å². The maximum absolute atomic E-state index is 10.5. The first-order chi connectivity index (χ1) is 5.63. The molecule has 0 radical (unpaired) electrons. The lowest BCUT2D eigenvalue weighted by atomic mass is 10.7.